The number of anilines is 3. The number of carbonyl (C=O) groups excluding carboxylic acids is 1. The minimum absolute atomic E-state index is 0.0326. The highest BCUT2D eigenvalue weighted by Gasteiger charge is 2.24. The summed E-state index contributed by atoms with van der Waals surface area (Å²) < 4.78 is 7.13. The SMILES string of the molecule is C=CC(=O)N1CCCC(Nc2nc(Nc3cnn(Cc4cccc(OC)c4)c3)nc3[nH]cc(Cl)c23)C1. The zero-order valence-electron chi connectivity index (χ0n) is 19.9. The number of amides is 1. The Bertz CT molecular complexity index is 1400. The number of carbonyl (C=O) groups is 1. The van der Waals surface area contributed by atoms with Gasteiger partial charge in [0.15, 0.2) is 0 Å². The van der Waals surface area contributed by atoms with E-state index < -0.39 is 0 Å². The van der Waals surface area contributed by atoms with Crippen molar-refractivity contribution in [3.05, 3.63) is 66.1 Å². The molecule has 0 aliphatic carbocycles. The van der Waals surface area contributed by atoms with Gasteiger partial charge in [0.25, 0.3) is 0 Å². The number of aromatic amines is 1. The van der Waals surface area contributed by atoms with Crippen molar-refractivity contribution < 1.29 is 9.53 Å². The molecule has 186 valence electrons. The van der Waals surface area contributed by atoms with Crippen molar-refractivity contribution in [3.8, 4) is 5.75 Å². The van der Waals surface area contributed by atoms with E-state index in [1.54, 1.807) is 24.4 Å². The van der Waals surface area contributed by atoms with Crippen LogP contribution in [0.2, 0.25) is 5.02 Å². The normalized spacial score (nSPS) is 15.6. The lowest BCUT2D eigenvalue weighted by Crippen LogP contribution is -2.44. The molecule has 1 aliphatic heterocycles. The van der Waals surface area contributed by atoms with E-state index in [4.69, 9.17) is 21.3 Å². The summed E-state index contributed by atoms with van der Waals surface area (Å²) in [7, 11) is 1.65. The summed E-state index contributed by atoms with van der Waals surface area (Å²) in [5, 5.41) is 12.4. The van der Waals surface area contributed by atoms with Gasteiger partial charge < -0.3 is 25.3 Å². The summed E-state index contributed by atoms with van der Waals surface area (Å²) in [4.78, 5) is 26.3. The van der Waals surface area contributed by atoms with Crippen LogP contribution in [0.15, 0.2) is 55.5 Å². The van der Waals surface area contributed by atoms with Crippen LogP contribution in [0.1, 0.15) is 18.4 Å². The number of aromatic nitrogens is 5. The van der Waals surface area contributed by atoms with Gasteiger partial charge in [-0.15, -0.1) is 0 Å². The second-order valence-electron chi connectivity index (χ2n) is 8.63. The number of halogens is 1. The Kier molecular flexibility index (Phi) is 6.77. The summed E-state index contributed by atoms with van der Waals surface area (Å²) in [6, 6.07) is 7.90. The fourth-order valence-corrected chi connectivity index (χ4v) is 4.61. The second-order valence-corrected chi connectivity index (χ2v) is 9.04. The maximum absolute atomic E-state index is 12.1. The van der Waals surface area contributed by atoms with Gasteiger partial charge in [0.05, 0.1) is 35.9 Å². The molecule has 4 heterocycles. The van der Waals surface area contributed by atoms with Crippen LogP contribution in [0, 0.1) is 0 Å². The number of ether oxygens (including phenoxy) is 1. The zero-order valence-corrected chi connectivity index (χ0v) is 20.6. The molecule has 0 radical (unpaired) electrons. The molecule has 3 aromatic heterocycles. The van der Waals surface area contributed by atoms with Crippen LogP contribution in [0.4, 0.5) is 17.5 Å². The molecule has 5 rings (SSSR count). The molecule has 1 saturated heterocycles. The molecule has 1 fully saturated rings. The fraction of sp³-hybridized carbons (Fsp3) is 0.280. The lowest BCUT2D eigenvalue weighted by molar-refractivity contribution is -0.127. The zero-order chi connectivity index (χ0) is 25.1. The van der Waals surface area contributed by atoms with Crippen molar-refractivity contribution >= 4 is 46.0 Å². The number of nitrogens with one attached hydrogen (secondary N) is 3. The Morgan fingerprint density at radius 1 is 1.39 bits per heavy atom. The highest BCUT2D eigenvalue weighted by Crippen LogP contribution is 2.31. The first-order valence-corrected chi connectivity index (χ1v) is 12.0. The molecule has 0 spiro atoms. The molecule has 1 atom stereocenters. The van der Waals surface area contributed by atoms with Gasteiger partial charge in [-0.1, -0.05) is 30.3 Å². The first-order chi connectivity index (χ1) is 17.5. The van der Waals surface area contributed by atoms with Crippen molar-refractivity contribution in [3.63, 3.8) is 0 Å². The summed E-state index contributed by atoms with van der Waals surface area (Å²) in [6.45, 7) is 5.49. The summed E-state index contributed by atoms with van der Waals surface area (Å²) in [5.74, 6) is 1.75. The lowest BCUT2D eigenvalue weighted by atomic mass is 10.1. The molecule has 36 heavy (non-hydrogen) atoms. The molecule has 1 aromatic carbocycles. The number of hydrogen-bond acceptors (Lipinski definition) is 7. The third kappa shape index (κ3) is 5.13. The number of methoxy groups -OCH3 is 1. The third-order valence-corrected chi connectivity index (χ3v) is 6.40. The van der Waals surface area contributed by atoms with E-state index in [1.165, 1.54) is 6.08 Å². The van der Waals surface area contributed by atoms with E-state index in [0.717, 1.165) is 36.4 Å². The minimum atomic E-state index is -0.0673. The van der Waals surface area contributed by atoms with Crippen LogP contribution in [-0.2, 0) is 11.3 Å². The maximum atomic E-state index is 12.1. The Labute approximate surface area is 213 Å². The van der Waals surface area contributed by atoms with E-state index in [-0.39, 0.29) is 11.9 Å². The number of nitrogens with zero attached hydrogens (tertiary/aromatic N) is 5. The Balaban J connectivity index is 1.35. The monoisotopic (exact) mass is 506 g/mol. The summed E-state index contributed by atoms with van der Waals surface area (Å²) >= 11 is 6.44. The van der Waals surface area contributed by atoms with Crippen molar-refractivity contribution in [2.24, 2.45) is 0 Å². The average Bonchev–Trinajstić information content (AvgIpc) is 3.49. The number of benzene rings is 1. The molecule has 11 heteroatoms. The summed E-state index contributed by atoms with van der Waals surface area (Å²) in [5.41, 5.74) is 2.44. The molecule has 1 unspecified atom stereocenters. The number of H-pyrrole nitrogens is 1. The van der Waals surface area contributed by atoms with Gasteiger partial charge in [-0.05, 0) is 36.6 Å². The number of piperidine rings is 1. The molecule has 1 amide bonds. The van der Waals surface area contributed by atoms with E-state index in [1.807, 2.05) is 35.1 Å². The highest BCUT2D eigenvalue weighted by molar-refractivity contribution is 6.36. The molecule has 1 aliphatic rings. The van der Waals surface area contributed by atoms with Crippen LogP contribution in [0.5, 0.6) is 5.75 Å². The maximum Gasteiger partial charge on any atom is 0.246 e. The first kappa shape index (κ1) is 23.7. The van der Waals surface area contributed by atoms with Crippen molar-refractivity contribution in [1.82, 2.24) is 29.6 Å². The van der Waals surface area contributed by atoms with Crippen LogP contribution < -0.4 is 15.4 Å². The quantitative estimate of drug-likeness (QED) is 0.307. The van der Waals surface area contributed by atoms with Crippen LogP contribution in [0.3, 0.4) is 0 Å². The number of likely N-dealkylation sites (tertiary alicyclic amines) is 1. The predicted molar refractivity (Wildman–Crippen MR) is 140 cm³/mol. The van der Waals surface area contributed by atoms with Crippen molar-refractivity contribution in [2.75, 3.05) is 30.8 Å². The van der Waals surface area contributed by atoms with Gasteiger partial charge in [0, 0.05) is 31.5 Å². The largest absolute Gasteiger partial charge is 0.497 e. The molecule has 10 nitrogen and oxygen atoms in total. The van der Waals surface area contributed by atoms with Gasteiger partial charge >= 0.3 is 0 Å². The Morgan fingerprint density at radius 2 is 2.28 bits per heavy atom. The first-order valence-electron chi connectivity index (χ1n) is 11.7. The molecule has 0 bridgehead atoms. The van der Waals surface area contributed by atoms with Gasteiger partial charge in [-0.2, -0.15) is 15.1 Å². The number of fused-ring (bicyclic) bond motifs is 1. The van der Waals surface area contributed by atoms with Crippen LogP contribution >= 0.6 is 11.6 Å². The van der Waals surface area contributed by atoms with Gasteiger partial charge in [0.1, 0.15) is 17.2 Å². The average molecular weight is 507 g/mol. The number of hydrogen-bond donors (Lipinski definition) is 3. The molecule has 0 saturated carbocycles. The van der Waals surface area contributed by atoms with Crippen molar-refractivity contribution in [1.29, 1.82) is 0 Å². The van der Waals surface area contributed by atoms with Gasteiger partial charge in [-0.3, -0.25) is 9.48 Å². The molecular weight excluding hydrogens is 480 g/mol. The standard InChI is InChI=1S/C25H27ClN8O2/c1-3-21(35)33-9-5-7-17(14-33)29-24-22-20(26)12-27-23(22)31-25(32-24)30-18-11-28-34(15-18)13-16-6-4-8-19(10-16)36-2/h3-4,6,8,10-12,15,17H,1,5,7,9,13-14H2,2H3,(H3,27,29,30,31,32). The summed E-state index contributed by atoms with van der Waals surface area (Å²) in [6.07, 6.45) is 8.46. The van der Waals surface area contributed by atoms with E-state index in [0.29, 0.717) is 40.9 Å². The molecular formula is C25H27ClN8O2. The van der Waals surface area contributed by atoms with Gasteiger partial charge in [0.2, 0.25) is 11.9 Å². The Morgan fingerprint density at radius 3 is 3.11 bits per heavy atom. The third-order valence-electron chi connectivity index (χ3n) is 6.10. The lowest BCUT2D eigenvalue weighted by Gasteiger charge is -2.33. The smallest absolute Gasteiger partial charge is 0.246 e. The van der Waals surface area contributed by atoms with E-state index >= 15 is 0 Å². The minimum Gasteiger partial charge on any atom is -0.497 e. The van der Waals surface area contributed by atoms with Crippen LogP contribution in [-0.4, -0.2) is 61.8 Å². The molecule has 4 aromatic rings. The predicted octanol–water partition coefficient (Wildman–Crippen LogP) is 4.20. The van der Waals surface area contributed by atoms with Crippen molar-refractivity contribution in [2.45, 2.75) is 25.4 Å². The number of rotatable bonds is 8. The van der Waals surface area contributed by atoms with E-state index in [9.17, 15) is 4.79 Å². The topological polar surface area (TPSA) is 113 Å². The van der Waals surface area contributed by atoms with E-state index in [2.05, 4.69) is 32.3 Å². The Hall–Kier alpha value is -4.05. The van der Waals surface area contributed by atoms with Gasteiger partial charge in [-0.25, -0.2) is 0 Å². The fourth-order valence-electron chi connectivity index (χ4n) is 4.37. The highest BCUT2D eigenvalue weighted by atomic mass is 35.5. The molecule has 3 N–H and O–H groups in total. The van der Waals surface area contributed by atoms with Crippen LogP contribution in [0.25, 0.3) is 11.0 Å². The second kappa shape index (κ2) is 10.3.